The van der Waals surface area contributed by atoms with E-state index in [9.17, 15) is 9.59 Å². The van der Waals surface area contributed by atoms with E-state index in [4.69, 9.17) is 5.11 Å². The molecule has 5 nitrogen and oxygen atoms in total. The van der Waals surface area contributed by atoms with Crippen molar-refractivity contribution < 1.29 is 14.7 Å². The monoisotopic (exact) mass is 214 g/mol. The lowest BCUT2D eigenvalue weighted by Crippen LogP contribution is -2.31. The molecule has 0 spiro atoms. The highest BCUT2D eigenvalue weighted by Gasteiger charge is 2.27. The van der Waals surface area contributed by atoms with Crippen molar-refractivity contribution >= 4 is 11.9 Å². The SMILES string of the molecule is CNCCC(=O)N1CCC(CC(=O)O)C1. The van der Waals surface area contributed by atoms with Crippen molar-refractivity contribution in [3.63, 3.8) is 0 Å². The minimum Gasteiger partial charge on any atom is -0.481 e. The van der Waals surface area contributed by atoms with E-state index in [0.717, 1.165) is 6.42 Å². The third kappa shape index (κ3) is 3.87. The molecule has 0 aliphatic carbocycles. The lowest BCUT2D eigenvalue weighted by molar-refractivity contribution is -0.138. The summed E-state index contributed by atoms with van der Waals surface area (Å²) in [5.41, 5.74) is 0. The molecule has 86 valence electrons. The highest BCUT2D eigenvalue weighted by molar-refractivity contribution is 5.76. The standard InChI is InChI=1S/C10H18N2O3/c1-11-4-2-9(13)12-5-3-8(7-12)6-10(14)15/h8,11H,2-7H2,1H3,(H,14,15). The molecule has 0 radical (unpaired) electrons. The van der Waals surface area contributed by atoms with Crippen LogP contribution in [0.15, 0.2) is 0 Å². The summed E-state index contributed by atoms with van der Waals surface area (Å²) in [4.78, 5) is 23.8. The zero-order valence-corrected chi connectivity index (χ0v) is 9.03. The van der Waals surface area contributed by atoms with Gasteiger partial charge in [0.05, 0.1) is 0 Å². The molecule has 0 saturated carbocycles. The number of carbonyl (C=O) groups excluding carboxylic acids is 1. The number of carboxylic acids is 1. The first-order valence-electron chi connectivity index (χ1n) is 5.27. The fourth-order valence-electron chi connectivity index (χ4n) is 1.86. The molecule has 1 amide bonds. The van der Waals surface area contributed by atoms with Crippen LogP contribution in [0.25, 0.3) is 0 Å². The Bertz CT molecular complexity index is 243. The number of carboxylic acid groups (broad SMARTS) is 1. The molecule has 0 aromatic carbocycles. The summed E-state index contributed by atoms with van der Waals surface area (Å²) in [6, 6.07) is 0. The number of nitrogens with zero attached hydrogens (tertiary/aromatic N) is 1. The lowest BCUT2D eigenvalue weighted by atomic mass is 10.1. The predicted octanol–water partition coefficient (Wildman–Crippen LogP) is -0.0809. The van der Waals surface area contributed by atoms with Gasteiger partial charge in [-0.2, -0.15) is 0 Å². The Hall–Kier alpha value is -1.10. The van der Waals surface area contributed by atoms with Gasteiger partial charge in [0.2, 0.25) is 5.91 Å². The number of aliphatic carboxylic acids is 1. The van der Waals surface area contributed by atoms with Gasteiger partial charge in [0.25, 0.3) is 0 Å². The van der Waals surface area contributed by atoms with Crippen LogP contribution in [0.3, 0.4) is 0 Å². The van der Waals surface area contributed by atoms with Crippen LogP contribution in [-0.4, -0.2) is 48.6 Å². The summed E-state index contributed by atoms with van der Waals surface area (Å²) in [7, 11) is 1.81. The highest BCUT2D eigenvalue weighted by atomic mass is 16.4. The van der Waals surface area contributed by atoms with Gasteiger partial charge in [0.15, 0.2) is 0 Å². The summed E-state index contributed by atoms with van der Waals surface area (Å²) in [5.74, 6) is -0.511. The van der Waals surface area contributed by atoms with Crippen LogP contribution in [0.1, 0.15) is 19.3 Å². The van der Waals surface area contributed by atoms with Crippen molar-refractivity contribution in [1.29, 1.82) is 0 Å². The maximum absolute atomic E-state index is 11.6. The number of amides is 1. The Morgan fingerprint density at radius 2 is 2.27 bits per heavy atom. The summed E-state index contributed by atoms with van der Waals surface area (Å²) in [6.45, 7) is 1.99. The molecule has 1 atom stereocenters. The molecular formula is C10H18N2O3. The Morgan fingerprint density at radius 1 is 1.53 bits per heavy atom. The van der Waals surface area contributed by atoms with E-state index in [1.54, 1.807) is 4.90 Å². The van der Waals surface area contributed by atoms with Crippen LogP contribution in [0, 0.1) is 5.92 Å². The zero-order chi connectivity index (χ0) is 11.3. The summed E-state index contributed by atoms with van der Waals surface area (Å²) < 4.78 is 0. The van der Waals surface area contributed by atoms with E-state index >= 15 is 0 Å². The number of hydrogen-bond acceptors (Lipinski definition) is 3. The van der Waals surface area contributed by atoms with Gasteiger partial charge in [0, 0.05) is 32.5 Å². The van der Waals surface area contributed by atoms with Crippen LogP contribution in [0.2, 0.25) is 0 Å². The molecule has 1 fully saturated rings. The van der Waals surface area contributed by atoms with Gasteiger partial charge in [-0.15, -0.1) is 0 Å². The van der Waals surface area contributed by atoms with E-state index < -0.39 is 5.97 Å². The van der Waals surface area contributed by atoms with E-state index in [1.165, 1.54) is 0 Å². The second-order valence-corrected chi connectivity index (χ2v) is 3.95. The number of hydrogen-bond donors (Lipinski definition) is 2. The molecule has 0 bridgehead atoms. The molecule has 1 rings (SSSR count). The number of likely N-dealkylation sites (tertiary alicyclic amines) is 1. The van der Waals surface area contributed by atoms with Gasteiger partial charge < -0.3 is 15.3 Å². The van der Waals surface area contributed by atoms with Crippen molar-refractivity contribution in [2.45, 2.75) is 19.3 Å². The van der Waals surface area contributed by atoms with Crippen molar-refractivity contribution in [3.05, 3.63) is 0 Å². The van der Waals surface area contributed by atoms with Crippen molar-refractivity contribution in [2.75, 3.05) is 26.7 Å². The molecule has 1 aliphatic rings. The third-order valence-corrected chi connectivity index (χ3v) is 2.69. The van der Waals surface area contributed by atoms with Crippen LogP contribution >= 0.6 is 0 Å². The number of nitrogens with one attached hydrogen (secondary N) is 1. The molecule has 2 N–H and O–H groups in total. The van der Waals surface area contributed by atoms with Crippen LogP contribution in [-0.2, 0) is 9.59 Å². The minimum atomic E-state index is -0.774. The second kappa shape index (κ2) is 5.70. The first kappa shape index (κ1) is 12.0. The zero-order valence-electron chi connectivity index (χ0n) is 9.03. The molecule has 1 saturated heterocycles. The van der Waals surface area contributed by atoms with E-state index in [1.807, 2.05) is 7.05 Å². The Kier molecular flexibility index (Phi) is 4.55. The Labute approximate surface area is 89.4 Å². The maximum Gasteiger partial charge on any atom is 0.303 e. The first-order valence-corrected chi connectivity index (χ1v) is 5.27. The number of rotatable bonds is 5. The highest BCUT2D eigenvalue weighted by Crippen LogP contribution is 2.19. The van der Waals surface area contributed by atoms with Crippen LogP contribution in [0.5, 0.6) is 0 Å². The summed E-state index contributed by atoms with van der Waals surface area (Å²) in [5, 5.41) is 11.6. The predicted molar refractivity (Wildman–Crippen MR) is 55.5 cm³/mol. The van der Waals surface area contributed by atoms with Gasteiger partial charge in [-0.05, 0) is 19.4 Å². The third-order valence-electron chi connectivity index (χ3n) is 2.69. The molecule has 0 aromatic heterocycles. The summed E-state index contributed by atoms with van der Waals surface area (Å²) >= 11 is 0. The molecule has 5 heteroatoms. The fraction of sp³-hybridized carbons (Fsp3) is 0.800. The molecule has 15 heavy (non-hydrogen) atoms. The quantitative estimate of drug-likeness (QED) is 0.671. The van der Waals surface area contributed by atoms with E-state index in [-0.39, 0.29) is 18.2 Å². The molecule has 1 heterocycles. The fourth-order valence-corrected chi connectivity index (χ4v) is 1.86. The van der Waals surface area contributed by atoms with Gasteiger partial charge in [-0.1, -0.05) is 0 Å². The molecule has 0 aromatic rings. The van der Waals surface area contributed by atoms with Gasteiger partial charge in [-0.3, -0.25) is 9.59 Å². The molecule has 1 aliphatic heterocycles. The first-order chi connectivity index (χ1) is 7.13. The van der Waals surface area contributed by atoms with Crippen molar-refractivity contribution in [3.8, 4) is 0 Å². The maximum atomic E-state index is 11.6. The average molecular weight is 214 g/mol. The minimum absolute atomic E-state index is 0.122. The van der Waals surface area contributed by atoms with Crippen molar-refractivity contribution in [2.24, 2.45) is 5.92 Å². The van der Waals surface area contributed by atoms with Gasteiger partial charge in [0.1, 0.15) is 0 Å². The lowest BCUT2D eigenvalue weighted by Gasteiger charge is -2.15. The van der Waals surface area contributed by atoms with Gasteiger partial charge >= 0.3 is 5.97 Å². The normalized spacial score (nSPS) is 20.6. The largest absolute Gasteiger partial charge is 0.481 e. The smallest absolute Gasteiger partial charge is 0.303 e. The topological polar surface area (TPSA) is 69.6 Å². The summed E-state index contributed by atoms with van der Waals surface area (Å²) in [6.07, 6.45) is 1.49. The van der Waals surface area contributed by atoms with Crippen LogP contribution in [0.4, 0.5) is 0 Å². The Balaban J connectivity index is 2.29. The van der Waals surface area contributed by atoms with Crippen LogP contribution < -0.4 is 5.32 Å². The van der Waals surface area contributed by atoms with E-state index in [2.05, 4.69) is 5.32 Å². The van der Waals surface area contributed by atoms with E-state index in [0.29, 0.717) is 26.1 Å². The number of carbonyl (C=O) groups is 2. The second-order valence-electron chi connectivity index (χ2n) is 3.95. The Morgan fingerprint density at radius 3 is 2.87 bits per heavy atom. The molecule has 1 unspecified atom stereocenters. The molecular weight excluding hydrogens is 196 g/mol. The average Bonchev–Trinajstić information content (AvgIpc) is 2.61. The van der Waals surface area contributed by atoms with Crippen molar-refractivity contribution in [1.82, 2.24) is 10.2 Å². The van der Waals surface area contributed by atoms with Gasteiger partial charge in [-0.25, -0.2) is 0 Å².